The van der Waals surface area contributed by atoms with Gasteiger partial charge in [-0.2, -0.15) is 0 Å². The highest BCUT2D eigenvalue weighted by atomic mass is 35.5. The number of ether oxygens (including phenoxy) is 1. The van der Waals surface area contributed by atoms with Gasteiger partial charge in [0.2, 0.25) is 5.91 Å². The molecule has 2 heterocycles. The predicted molar refractivity (Wildman–Crippen MR) is 84.7 cm³/mol. The maximum Gasteiger partial charge on any atom is 0.225 e. The molecule has 2 atom stereocenters. The molecule has 1 amide bonds. The van der Waals surface area contributed by atoms with Crippen molar-refractivity contribution in [3.63, 3.8) is 0 Å². The van der Waals surface area contributed by atoms with Crippen LogP contribution in [0.25, 0.3) is 0 Å². The van der Waals surface area contributed by atoms with Gasteiger partial charge in [0.05, 0.1) is 24.7 Å². The minimum absolute atomic E-state index is 0.102. The van der Waals surface area contributed by atoms with Crippen LogP contribution in [0, 0.1) is 0 Å². The standard InChI is InChI=1S/C17H22ClNO3/c1-17(21)5-2-7-19(8-6-17)16(20)10-15-14-4-3-13(18)9-12(14)11-22-15/h3-4,9,15,21H,2,5-8,10-11H2,1H3. The monoisotopic (exact) mass is 323 g/mol. The lowest BCUT2D eigenvalue weighted by atomic mass is 9.98. The first-order valence-corrected chi connectivity index (χ1v) is 8.22. The lowest BCUT2D eigenvalue weighted by molar-refractivity contribution is -0.134. The van der Waals surface area contributed by atoms with E-state index in [1.807, 2.05) is 30.0 Å². The largest absolute Gasteiger partial charge is 0.390 e. The Balaban J connectivity index is 1.64. The summed E-state index contributed by atoms with van der Waals surface area (Å²) in [6.45, 7) is 3.70. The van der Waals surface area contributed by atoms with Crippen LogP contribution in [0.1, 0.15) is 49.8 Å². The molecule has 0 aliphatic carbocycles. The Morgan fingerprint density at radius 1 is 1.45 bits per heavy atom. The zero-order chi connectivity index (χ0) is 15.7. The molecule has 2 unspecified atom stereocenters. The van der Waals surface area contributed by atoms with Crippen LogP contribution in [-0.2, 0) is 16.1 Å². The van der Waals surface area contributed by atoms with Crippen molar-refractivity contribution < 1.29 is 14.6 Å². The third kappa shape index (κ3) is 3.45. The molecule has 1 aromatic rings. The van der Waals surface area contributed by atoms with Crippen molar-refractivity contribution in [3.05, 3.63) is 34.3 Å². The third-order valence-electron chi connectivity index (χ3n) is 4.67. The van der Waals surface area contributed by atoms with Crippen molar-refractivity contribution in [2.24, 2.45) is 0 Å². The summed E-state index contributed by atoms with van der Waals surface area (Å²) in [7, 11) is 0. The predicted octanol–water partition coefficient (Wildman–Crippen LogP) is 3.06. The number of likely N-dealkylation sites (tertiary alicyclic amines) is 1. The van der Waals surface area contributed by atoms with Crippen molar-refractivity contribution in [1.82, 2.24) is 4.90 Å². The quantitative estimate of drug-likeness (QED) is 0.910. The Labute approximate surface area is 136 Å². The third-order valence-corrected chi connectivity index (χ3v) is 4.90. The van der Waals surface area contributed by atoms with Crippen molar-refractivity contribution in [3.8, 4) is 0 Å². The highest BCUT2D eigenvalue weighted by molar-refractivity contribution is 6.30. The van der Waals surface area contributed by atoms with Gasteiger partial charge in [0.25, 0.3) is 0 Å². The van der Waals surface area contributed by atoms with Gasteiger partial charge in [0.15, 0.2) is 0 Å². The lowest BCUT2D eigenvalue weighted by Gasteiger charge is -2.23. The van der Waals surface area contributed by atoms with Crippen molar-refractivity contribution in [2.45, 2.75) is 50.9 Å². The molecule has 0 saturated carbocycles. The van der Waals surface area contributed by atoms with Crippen LogP contribution in [0.3, 0.4) is 0 Å². The van der Waals surface area contributed by atoms with Gasteiger partial charge in [-0.25, -0.2) is 0 Å². The van der Waals surface area contributed by atoms with Crippen LogP contribution >= 0.6 is 11.6 Å². The van der Waals surface area contributed by atoms with Crippen molar-refractivity contribution in [2.75, 3.05) is 13.1 Å². The van der Waals surface area contributed by atoms with Gasteiger partial charge in [-0.3, -0.25) is 4.79 Å². The van der Waals surface area contributed by atoms with E-state index in [2.05, 4.69) is 0 Å². The van der Waals surface area contributed by atoms with Gasteiger partial charge in [-0.05, 0) is 49.4 Å². The minimum Gasteiger partial charge on any atom is -0.390 e. The maximum absolute atomic E-state index is 12.5. The van der Waals surface area contributed by atoms with Gasteiger partial charge in [0.1, 0.15) is 0 Å². The number of halogens is 1. The molecule has 0 spiro atoms. The van der Waals surface area contributed by atoms with Crippen molar-refractivity contribution >= 4 is 17.5 Å². The van der Waals surface area contributed by atoms with Crippen LogP contribution < -0.4 is 0 Å². The summed E-state index contributed by atoms with van der Waals surface area (Å²) in [5, 5.41) is 10.8. The number of rotatable bonds is 2. The Morgan fingerprint density at radius 2 is 2.27 bits per heavy atom. The second-order valence-electron chi connectivity index (χ2n) is 6.58. The first-order valence-electron chi connectivity index (χ1n) is 7.85. The maximum atomic E-state index is 12.5. The number of benzene rings is 1. The molecule has 4 nitrogen and oxygen atoms in total. The van der Waals surface area contributed by atoms with Crippen LogP contribution in [0.4, 0.5) is 0 Å². The van der Waals surface area contributed by atoms with E-state index in [9.17, 15) is 9.90 Å². The zero-order valence-corrected chi connectivity index (χ0v) is 13.6. The van der Waals surface area contributed by atoms with Crippen LogP contribution in [-0.4, -0.2) is 34.6 Å². The van der Waals surface area contributed by atoms with E-state index in [4.69, 9.17) is 16.3 Å². The molecule has 0 bridgehead atoms. The lowest BCUT2D eigenvalue weighted by Crippen LogP contribution is -2.34. The Morgan fingerprint density at radius 3 is 3.09 bits per heavy atom. The molecule has 1 N–H and O–H groups in total. The van der Waals surface area contributed by atoms with E-state index < -0.39 is 5.60 Å². The summed E-state index contributed by atoms with van der Waals surface area (Å²) in [4.78, 5) is 14.4. The highest BCUT2D eigenvalue weighted by Crippen LogP contribution is 2.35. The fourth-order valence-corrected chi connectivity index (χ4v) is 3.46. The molecular weight excluding hydrogens is 302 g/mol. The van der Waals surface area contributed by atoms with Gasteiger partial charge in [-0.15, -0.1) is 0 Å². The van der Waals surface area contributed by atoms with Crippen molar-refractivity contribution in [1.29, 1.82) is 0 Å². The van der Waals surface area contributed by atoms with E-state index in [1.165, 1.54) is 0 Å². The molecule has 1 fully saturated rings. The first kappa shape index (κ1) is 15.8. The molecule has 1 aromatic carbocycles. The van der Waals surface area contributed by atoms with E-state index in [-0.39, 0.29) is 12.0 Å². The second kappa shape index (κ2) is 6.19. The molecule has 1 saturated heterocycles. The number of nitrogens with zero attached hydrogens (tertiary/aromatic N) is 1. The summed E-state index contributed by atoms with van der Waals surface area (Å²) >= 11 is 5.99. The number of carbonyl (C=O) groups is 1. The van der Waals surface area contributed by atoms with Gasteiger partial charge < -0.3 is 14.7 Å². The zero-order valence-electron chi connectivity index (χ0n) is 12.8. The molecule has 3 rings (SSSR count). The summed E-state index contributed by atoms with van der Waals surface area (Å²) < 4.78 is 5.76. The first-order chi connectivity index (χ1) is 10.4. The number of hydrogen-bond donors (Lipinski definition) is 1. The fraction of sp³-hybridized carbons (Fsp3) is 0.588. The average molecular weight is 324 g/mol. The van der Waals surface area contributed by atoms with Gasteiger partial charge in [-0.1, -0.05) is 17.7 Å². The summed E-state index contributed by atoms with van der Waals surface area (Å²) in [5.74, 6) is 0.102. The van der Waals surface area contributed by atoms with Crippen LogP contribution in [0.5, 0.6) is 0 Å². The minimum atomic E-state index is -0.651. The molecular formula is C17H22ClNO3. The Bertz CT molecular complexity index is 573. The highest BCUT2D eigenvalue weighted by Gasteiger charge is 2.30. The van der Waals surface area contributed by atoms with Gasteiger partial charge >= 0.3 is 0 Å². The van der Waals surface area contributed by atoms with E-state index in [0.717, 1.165) is 30.5 Å². The topological polar surface area (TPSA) is 49.8 Å². The van der Waals surface area contributed by atoms with Gasteiger partial charge in [0, 0.05) is 18.1 Å². The van der Waals surface area contributed by atoms with Crippen LogP contribution in [0.15, 0.2) is 18.2 Å². The Kier molecular flexibility index (Phi) is 4.44. The van der Waals surface area contributed by atoms with E-state index in [0.29, 0.717) is 31.0 Å². The molecule has 2 aliphatic rings. The molecule has 0 aromatic heterocycles. The normalized spacial score (nSPS) is 28.3. The number of amides is 1. The summed E-state index contributed by atoms with van der Waals surface area (Å²) in [5.41, 5.74) is 1.49. The molecule has 120 valence electrons. The van der Waals surface area contributed by atoms with E-state index >= 15 is 0 Å². The average Bonchev–Trinajstić information content (AvgIpc) is 2.74. The number of fused-ring (bicyclic) bond motifs is 1. The van der Waals surface area contributed by atoms with E-state index in [1.54, 1.807) is 0 Å². The SMILES string of the molecule is CC1(O)CCCN(C(=O)CC2OCc3cc(Cl)ccc32)CC1. The smallest absolute Gasteiger partial charge is 0.225 e. The molecule has 22 heavy (non-hydrogen) atoms. The number of hydrogen-bond acceptors (Lipinski definition) is 3. The molecule has 0 radical (unpaired) electrons. The summed E-state index contributed by atoms with van der Waals surface area (Å²) in [6, 6.07) is 5.70. The molecule has 2 aliphatic heterocycles. The Hall–Kier alpha value is -1.10. The second-order valence-corrected chi connectivity index (χ2v) is 7.01. The summed E-state index contributed by atoms with van der Waals surface area (Å²) in [6.07, 6.45) is 2.41. The molecule has 5 heteroatoms. The fourth-order valence-electron chi connectivity index (χ4n) is 3.26. The number of aliphatic hydroxyl groups is 1. The van der Waals surface area contributed by atoms with Crippen LogP contribution in [0.2, 0.25) is 5.02 Å². The number of carbonyl (C=O) groups excluding carboxylic acids is 1.